The molecular formula is C22H22F4N4S. The fourth-order valence-corrected chi connectivity index (χ4v) is 4.54. The molecule has 4 rings (SSSR count). The van der Waals surface area contributed by atoms with Crippen LogP contribution in [0.1, 0.15) is 17.5 Å². The lowest BCUT2D eigenvalue weighted by Gasteiger charge is -2.38. The number of nitrogens with zero attached hydrogens (tertiary/aromatic N) is 4. The molecule has 0 unspecified atom stereocenters. The van der Waals surface area contributed by atoms with Crippen LogP contribution in [0, 0.1) is 0 Å². The van der Waals surface area contributed by atoms with Gasteiger partial charge in [-0.25, -0.2) is 17.6 Å². The van der Waals surface area contributed by atoms with Crippen molar-refractivity contribution in [2.24, 2.45) is 10.2 Å². The van der Waals surface area contributed by atoms with Crippen LogP contribution in [0.4, 0.5) is 23.2 Å². The van der Waals surface area contributed by atoms with E-state index in [0.717, 1.165) is 16.8 Å². The minimum Gasteiger partial charge on any atom is -0.312 e. The van der Waals surface area contributed by atoms with Gasteiger partial charge in [0.05, 0.1) is 25.3 Å². The largest absolute Gasteiger partial charge is 0.312 e. The molecule has 0 atom stereocenters. The van der Waals surface area contributed by atoms with E-state index in [1.54, 1.807) is 16.8 Å². The molecule has 31 heavy (non-hydrogen) atoms. The number of benzene rings is 2. The van der Waals surface area contributed by atoms with Crippen molar-refractivity contribution in [2.75, 3.05) is 29.7 Å². The normalized spacial score (nSPS) is 18.0. The van der Waals surface area contributed by atoms with E-state index in [2.05, 4.69) is 14.5 Å². The molecule has 1 saturated heterocycles. The molecule has 0 spiro atoms. The summed E-state index contributed by atoms with van der Waals surface area (Å²) in [5.41, 5.74) is 3.19. The zero-order valence-corrected chi connectivity index (χ0v) is 17.5. The second-order valence-electron chi connectivity index (χ2n) is 7.58. The van der Waals surface area contributed by atoms with Gasteiger partial charge < -0.3 is 4.31 Å². The number of para-hydroxylation sites is 1. The van der Waals surface area contributed by atoms with E-state index in [9.17, 15) is 17.6 Å². The minimum atomic E-state index is -2.58. The predicted octanol–water partition coefficient (Wildman–Crippen LogP) is 5.11. The first kappa shape index (κ1) is 21.8. The molecule has 0 saturated carbocycles. The van der Waals surface area contributed by atoms with Gasteiger partial charge in [-0.15, -0.1) is 0 Å². The van der Waals surface area contributed by atoms with Crippen molar-refractivity contribution < 1.29 is 17.6 Å². The maximum absolute atomic E-state index is 13.0. The van der Waals surface area contributed by atoms with Gasteiger partial charge in [0.15, 0.2) is 0 Å². The van der Waals surface area contributed by atoms with Gasteiger partial charge in [0, 0.05) is 24.4 Å². The fourth-order valence-electron chi connectivity index (χ4n) is 3.47. The third kappa shape index (κ3) is 5.65. The molecular weight excluding hydrogens is 428 g/mol. The van der Waals surface area contributed by atoms with Crippen LogP contribution >= 0.6 is 11.9 Å². The Kier molecular flexibility index (Phi) is 6.62. The van der Waals surface area contributed by atoms with E-state index in [4.69, 9.17) is 0 Å². The molecule has 2 aromatic carbocycles. The number of halogens is 4. The topological polar surface area (TPSA) is 31.2 Å². The standard InChI is InChI=1S/C22H22F4N4S/c23-21(24)20-12-19(27-28-20)17-8-6-16(7-9-17)13-30(18-4-2-1-3-5-18)31-11-10-29-14-22(25,26)15-29/h1-9,21H,10-15H2. The first-order chi connectivity index (χ1) is 14.9. The highest BCUT2D eigenvalue weighted by atomic mass is 32.2. The summed E-state index contributed by atoms with van der Waals surface area (Å²) in [6.07, 6.45) is -2.52. The van der Waals surface area contributed by atoms with Gasteiger partial charge in [0.1, 0.15) is 5.71 Å². The molecule has 4 nitrogen and oxygen atoms in total. The number of anilines is 1. The first-order valence-electron chi connectivity index (χ1n) is 9.96. The maximum atomic E-state index is 13.0. The number of alkyl halides is 4. The van der Waals surface area contributed by atoms with E-state index in [1.807, 2.05) is 54.6 Å². The fraction of sp³-hybridized carbons (Fsp3) is 0.364. The molecule has 164 valence electrons. The molecule has 2 aromatic rings. The molecule has 9 heteroatoms. The van der Waals surface area contributed by atoms with Gasteiger partial charge in [-0.1, -0.05) is 42.5 Å². The van der Waals surface area contributed by atoms with Gasteiger partial charge in [0.2, 0.25) is 0 Å². The van der Waals surface area contributed by atoms with Crippen molar-refractivity contribution in [3.8, 4) is 0 Å². The van der Waals surface area contributed by atoms with Crippen molar-refractivity contribution in [1.82, 2.24) is 4.90 Å². The average molecular weight is 451 g/mol. The van der Waals surface area contributed by atoms with E-state index < -0.39 is 12.3 Å². The Bertz CT molecular complexity index is 940. The summed E-state index contributed by atoms with van der Waals surface area (Å²) in [7, 11) is 0. The average Bonchev–Trinajstić information content (AvgIpc) is 3.23. The second kappa shape index (κ2) is 9.40. The molecule has 2 aliphatic rings. The number of hydrogen-bond acceptors (Lipinski definition) is 5. The van der Waals surface area contributed by atoms with Crippen molar-refractivity contribution in [3.05, 3.63) is 65.7 Å². The highest BCUT2D eigenvalue weighted by molar-refractivity contribution is 8.00. The third-order valence-electron chi connectivity index (χ3n) is 5.12. The summed E-state index contributed by atoms with van der Waals surface area (Å²) in [5.74, 6) is -1.84. The van der Waals surface area contributed by atoms with Gasteiger partial charge in [-0.3, -0.25) is 4.90 Å². The summed E-state index contributed by atoms with van der Waals surface area (Å²) in [6.45, 7) is 0.896. The van der Waals surface area contributed by atoms with Gasteiger partial charge in [0.25, 0.3) is 12.3 Å². The van der Waals surface area contributed by atoms with Gasteiger partial charge >= 0.3 is 0 Å². The van der Waals surface area contributed by atoms with Crippen LogP contribution in [0.2, 0.25) is 0 Å². The molecule has 0 radical (unpaired) electrons. The number of hydrogen-bond donors (Lipinski definition) is 0. The Balaban J connectivity index is 1.36. The SMILES string of the molecule is FC(F)C1=NN=C(c2ccc(CN(SCCN3CC(F)(F)C3)c3ccccc3)cc2)C1. The molecule has 0 bridgehead atoms. The van der Waals surface area contributed by atoms with Crippen LogP contribution in [0.3, 0.4) is 0 Å². The summed E-state index contributed by atoms with van der Waals surface area (Å²) < 4.78 is 53.7. The highest BCUT2D eigenvalue weighted by Crippen LogP contribution is 2.29. The first-order valence-corrected chi connectivity index (χ1v) is 10.9. The van der Waals surface area contributed by atoms with Crippen LogP contribution in [0.15, 0.2) is 64.8 Å². The van der Waals surface area contributed by atoms with Crippen molar-refractivity contribution in [3.63, 3.8) is 0 Å². The Labute approximate surface area is 182 Å². The second-order valence-corrected chi connectivity index (χ2v) is 8.69. The summed E-state index contributed by atoms with van der Waals surface area (Å²) in [4.78, 5) is 1.75. The lowest BCUT2D eigenvalue weighted by Crippen LogP contribution is -2.56. The minimum absolute atomic E-state index is 0.0680. The van der Waals surface area contributed by atoms with Crippen molar-refractivity contribution in [1.29, 1.82) is 0 Å². The molecule has 1 fully saturated rings. The highest BCUT2D eigenvalue weighted by Gasteiger charge is 2.43. The monoisotopic (exact) mass is 450 g/mol. The molecule has 0 N–H and O–H groups in total. The summed E-state index contributed by atoms with van der Waals surface area (Å²) in [5, 5.41) is 7.44. The van der Waals surface area contributed by atoms with Gasteiger partial charge in [-0.2, -0.15) is 10.2 Å². The van der Waals surface area contributed by atoms with Crippen LogP contribution in [-0.4, -0.2) is 54.1 Å². The number of rotatable bonds is 9. The van der Waals surface area contributed by atoms with E-state index in [-0.39, 0.29) is 25.2 Å². The summed E-state index contributed by atoms with van der Waals surface area (Å²) >= 11 is 1.60. The Hall–Kier alpha value is -2.39. The predicted molar refractivity (Wildman–Crippen MR) is 118 cm³/mol. The molecule has 0 aliphatic carbocycles. The third-order valence-corrected chi connectivity index (χ3v) is 6.14. The smallest absolute Gasteiger partial charge is 0.278 e. The maximum Gasteiger partial charge on any atom is 0.278 e. The van der Waals surface area contributed by atoms with E-state index >= 15 is 0 Å². The zero-order valence-electron chi connectivity index (χ0n) is 16.7. The van der Waals surface area contributed by atoms with Crippen LogP contribution in [0.25, 0.3) is 0 Å². The van der Waals surface area contributed by atoms with E-state index in [0.29, 0.717) is 24.6 Å². The number of likely N-dealkylation sites (tertiary alicyclic amines) is 1. The van der Waals surface area contributed by atoms with Gasteiger partial charge in [-0.05, 0) is 35.2 Å². The van der Waals surface area contributed by atoms with E-state index in [1.165, 1.54) is 0 Å². The van der Waals surface area contributed by atoms with Crippen molar-refractivity contribution >= 4 is 29.1 Å². The van der Waals surface area contributed by atoms with Crippen LogP contribution in [0.5, 0.6) is 0 Å². The quantitative estimate of drug-likeness (QED) is 0.393. The summed E-state index contributed by atoms with van der Waals surface area (Å²) in [6, 6.07) is 17.5. The zero-order chi connectivity index (χ0) is 21.8. The Morgan fingerprint density at radius 1 is 1.00 bits per heavy atom. The van der Waals surface area contributed by atoms with Crippen LogP contribution < -0.4 is 4.31 Å². The Morgan fingerprint density at radius 2 is 1.71 bits per heavy atom. The molecule has 2 heterocycles. The molecule has 0 amide bonds. The Morgan fingerprint density at radius 3 is 2.32 bits per heavy atom. The lowest BCUT2D eigenvalue weighted by atomic mass is 10.0. The lowest BCUT2D eigenvalue weighted by molar-refractivity contribution is -0.127. The van der Waals surface area contributed by atoms with Crippen LogP contribution in [-0.2, 0) is 6.54 Å². The molecule has 0 aromatic heterocycles. The molecule has 2 aliphatic heterocycles. The van der Waals surface area contributed by atoms with Crippen molar-refractivity contribution in [2.45, 2.75) is 25.3 Å².